The number of halogens is 1. The molecular weight excluding hydrogens is 254 g/mol. The number of hydrogen-bond acceptors (Lipinski definition) is 3. The lowest BCUT2D eigenvalue weighted by Gasteiger charge is -2.16. The maximum Gasteiger partial charge on any atom is 0.326 e. The topological polar surface area (TPSA) is 58.6 Å². The van der Waals surface area contributed by atoms with Crippen LogP contribution in [-0.2, 0) is 4.79 Å². The van der Waals surface area contributed by atoms with Crippen molar-refractivity contribution in [3.8, 4) is 5.75 Å². The van der Waals surface area contributed by atoms with E-state index in [-0.39, 0.29) is 6.10 Å². The molecule has 18 heavy (non-hydrogen) atoms. The first-order valence-corrected chi connectivity index (χ1v) is 6.27. The van der Waals surface area contributed by atoms with Gasteiger partial charge in [-0.3, -0.25) is 0 Å². The molecule has 0 amide bonds. The third kappa shape index (κ3) is 4.11. The monoisotopic (exact) mass is 271 g/mol. The van der Waals surface area contributed by atoms with Gasteiger partial charge in [-0.2, -0.15) is 0 Å². The number of benzene rings is 1. The van der Waals surface area contributed by atoms with Crippen LogP contribution in [0.2, 0.25) is 5.02 Å². The lowest BCUT2D eigenvalue weighted by molar-refractivity contribution is -0.137. The summed E-state index contributed by atoms with van der Waals surface area (Å²) in [5, 5.41) is 12.3. The Morgan fingerprint density at radius 3 is 2.61 bits per heavy atom. The van der Waals surface area contributed by atoms with E-state index in [1.807, 2.05) is 20.8 Å². The SMILES string of the molecule is CCC(Nc1ccc(OC(C)C)c(Cl)c1)C(=O)O. The molecule has 0 radical (unpaired) electrons. The minimum absolute atomic E-state index is 0.0451. The summed E-state index contributed by atoms with van der Waals surface area (Å²) in [6, 6.07) is 4.55. The van der Waals surface area contributed by atoms with Crippen molar-refractivity contribution in [2.75, 3.05) is 5.32 Å². The number of rotatable bonds is 6. The molecular formula is C13H18ClNO3. The maximum absolute atomic E-state index is 10.9. The van der Waals surface area contributed by atoms with Crippen molar-refractivity contribution in [1.82, 2.24) is 0 Å². The van der Waals surface area contributed by atoms with Crippen molar-refractivity contribution in [3.63, 3.8) is 0 Å². The third-order valence-corrected chi connectivity index (χ3v) is 2.64. The van der Waals surface area contributed by atoms with Crippen LogP contribution in [0, 0.1) is 0 Å². The Morgan fingerprint density at radius 1 is 1.50 bits per heavy atom. The number of anilines is 1. The molecule has 1 aromatic rings. The Bertz CT molecular complexity index is 421. The number of nitrogens with one attached hydrogen (secondary N) is 1. The number of carboxylic acid groups (broad SMARTS) is 1. The molecule has 100 valence electrons. The number of ether oxygens (including phenoxy) is 1. The lowest BCUT2D eigenvalue weighted by atomic mass is 10.2. The van der Waals surface area contributed by atoms with E-state index in [2.05, 4.69) is 5.32 Å². The van der Waals surface area contributed by atoms with Crippen molar-refractivity contribution in [1.29, 1.82) is 0 Å². The zero-order valence-electron chi connectivity index (χ0n) is 10.7. The highest BCUT2D eigenvalue weighted by molar-refractivity contribution is 6.32. The summed E-state index contributed by atoms with van der Waals surface area (Å²) in [4.78, 5) is 10.9. The summed E-state index contributed by atoms with van der Waals surface area (Å²) in [5.74, 6) is -0.281. The first-order valence-electron chi connectivity index (χ1n) is 5.89. The summed E-state index contributed by atoms with van der Waals surface area (Å²) in [6.45, 7) is 5.64. The van der Waals surface area contributed by atoms with Crippen molar-refractivity contribution in [3.05, 3.63) is 23.2 Å². The fraction of sp³-hybridized carbons (Fsp3) is 0.462. The van der Waals surface area contributed by atoms with Crippen LogP contribution < -0.4 is 10.1 Å². The van der Waals surface area contributed by atoms with Crippen LogP contribution in [0.3, 0.4) is 0 Å². The molecule has 5 heteroatoms. The molecule has 0 aliphatic rings. The second kappa shape index (κ2) is 6.50. The average molecular weight is 272 g/mol. The van der Waals surface area contributed by atoms with Crippen molar-refractivity contribution in [2.45, 2.75) is 39.3 Å². The molecule has 0 aliphatic heterocycles. The Balaban J connectivity index is 2.80. The zero-order chi connectivity index (χ0) is 13.7. The lowest BCUT2D eigenvalue weighted by Crippen LogP contribution is -2.28. The van der Waals surface area contributed by atoms with Crippen molar-refractivity contribution < 1.29 is 14.6 Å². The van der Waals surface area contributed by atoms with E-state index >= 15 is 0 Å². The van der Waals surface area contributed by atoms with Gasteiger partial charge in [-0.15, -0.1) is 0 Å². The summed E-state index contributed by atoms with van der Waals surface area (Å²) in [5.41, 5.74) is 0.672. The van der Waals surface area contributed by atoms with Crippen LogP contribution in [0.5, 0.6) is 5.75 Å². The van der Waals surface area contributed by atoms with Gasteiger partial charge in [0, 0.05) is 5.69 Å². The summed E-state index contributed by atoms with van der Waals surface area (Å²) >= 11 is 6.07. The minimum atomic E-state index is -0.879. The fourth-order valence-electron chi connectivity index (χ4n) is 1.48. The van der Waals surface area contributed by atoms with E-state index in [4.69, 9.17) is 21.4 Å². The van der Waals surface area contributed by atoms with Gasteiger partial charge in [0.1, 0.15) is 11.8 Å². The predicted octanol–water partition coefficient (Wildman–Crippen LogP) is 3.40. The number of carbonyl (C=O) groups is 1. The van der Waals surface area contributed by atoms with Gasteiger partial charge in [-0.05, 0) is 38.5 Å². The first kappa shape index (κ1) is 14.6. The Hall–Kier alpha value is -1.42. The zero-order valence-corrected chi connectivity index (χ0v) is 11.5. The van der Waals surface area contributed by atoms with Gasteiger partial charge in [0.25, 0.3) is 0 Å². The Morgan fingerprint density at radius 2 is 2.17 bits per heavy atom. The van der Waals surface area contributed by atoms with Crippen molar-refractivity contribution in [2.24, 2.45) is 0 Å². The third-order valence-electron chi connectivity index (χ3n) is 2.34. The summed E-state index contributed by atoms with van der Waals surface area (Å²) in [6.07, 6.45) is 0.542. The highest BCUT2D eigenvalue weighted by Crippen LogP contribution is 2.28. The van der Waals surface area contributed by atoms with Crippen LogP contribution in [-0.4, -0.2) is 23.2 Å². The number of carboxylic acids is 1. The molecule has 0 saturated heterocycles. The van der Waals surface area contributed by atoms with Crippen LogP contribution in [0.25, 0.3) is 0 Å². The standard InChI is InChI=1S/C13H18ClNO3/c1-4-11(13(16)17)15-9-5-6-12(10(14)7-9)18-8(2)3/h5-8,11,15H,4H2,1-3H3,(H,16,17). The second-order valence-electron chi connectivity index (χ2n) is 4.26. The first-order chi connectivity index (χ1) is 8.43. The molecule has 1 aromatic carbocycles. The number of aliphatic carboxylic acids is 1. The minimum Gasteiger partial charge on any atom is -0.489 e. The average Bonchev–Trinajstić information content (AvgIpc) is 2.28. The molecule has 1 atom stereocenters. The Kier molecular flexibility index (Phi) is 5.28. The predicted molar refractivity (Wildman–Crippen MR) is 72.6 cm³/mol. The highest BCUT2D eigenvalue weighted by atomic mass is 35.5. The van der Waals surface area contributed by atoms with Gasteiger partial charge in [-0.25, -0.2) is 4.79 Å². The van der Waals surface area contributed by atoms with Crippen molar-refractivity contribution >= 4 is 23.3 Å². The molecule has 0 aromatic heterocycles. The molecule has 1 unspecified atom stereocenters. The van der Waals surface area contributed by atoms with E-state index in [1.165, 1.54) is 0 Å². The van der Waals surface area contributed by atoms with Gasteiger partial charge in [0.05, 0.1) is 11.1 Å². The van der Waals surface area contributed by atoms with Crippen LogP contribution in [0.15, 0.2) is 18.2 Å². The molecule has 0 fully saturated rings. The molecule has 0 spiro atoms. The van der Waals surface area contributed by atoms with Crippen LogP contribution in [0.4, 0.5) is 5.69 Å². The quantitative estimate of drug-likeness (QED) is 0.832. The van der Waals surface area contributed by atoms with E-state index in [9.17, 15) is 4.79 Å². The summed E-state index contributed by atoms with van der Waals surface area (Å²) in [7, 11) is 0. The molecule has 4 nitrogen and oxygen atoms in total. The summed E-state index contributed by atoms with van der Waals surface area (Å²) < 4.78 is 5.50. The molecule has 2 N–H and O–H groups in total. The second-order valence-corrected chi connectivity index (χ2v) is 4.66. The normalized spacial score (nSPS) is 12.3. The molecule has 0 saturated carbocycles. The molecule has 0 aliphatic carbocycles. The number of hydrogen-bond donors (Lipinski definition) is 2. The largest absolute Gasteiger partial charge is 0.489 e. The van der Waals surface area contributed by atoms with Gasteiger partial charge in [0.2, 0.25) is 0 Å². The smallest absolute Gasteiger partial charge is 0.326 e. The van der Waals surface area contributed by atoms with Crippen LogP contribution in [0.1, 0.15) is 27.2 Å². The molecule has 0 bridgehead atoms. The van der Waals surface area contributed by atoms with E-state index in [1.54, 1.807) is 18.2 Å². The Labute approximate surface area is 112 Å². The van der Waals surface area contributed by atoms with Gasteiger partial charge < -0.3 is 15.2 Å². The van der Waals surface area contributed by atoms with Gasteiger partial charge in [-0.1, -0.05) is 18.5 Å². The van der Waals surface area contributed by atoms with Crippen LogP contribution >= 0.6 is 11.6 Å². The van der Waals surface area contributed by atoms with E-state index in [0.717, 1.165) is 0 Å². The van der Waals surface area contributed by atoms with E-state index < -0.39 is 12.0 Å². The van der Waals surface area contributed by atoms with E-state index in [0.29, 0.717) is 22.9 Å². The van der Waals surface area contributed by atoms with Gasteiger partial charge >= 0.3 is 5.97 Å². The highest BCUT2D eigenvalue weighted by Gasteiger charge is 2.15. The maximum atomic E-state index is 10.9. The fourth-order valence-corrected chi connectivity index (χ4v) is 1.70. The van der Waals surface area contributed by atoms with Gasteiger partial charge in [0.15, 0.2) is 0 Å². The molecule has 1 rings (SSSR count). The molecule has 0 heterocycles.